The Balaban J connectivity index is 1.54. The van der Waals surface area contributed by atoms with E-state index < -0.39 is 82.4 Å². The van der Waals surface area contributed by atoms with Gasteiger partial charge in [-0.05, 0) is 79.7 Å². The van der Waals surface area contributed by atoms with Crippen LogP contribution in [0.25, 0.3) is 0 Å². The number of amides is 3. The predicted octanol–water partition coefficient (Wildman–Crippen LogP) is 5.58. The van der Waals surface area contributed by atoms with Crippen molar-refractivity contribution < 1.29 is 69.7 Å². The molecule has 0 aliphatic heterocycles. The number of aryl methyl sites for hydroxylation is 1. The van der Waals surface area contributed by atoms with E-state index in [-0.39, 0.29) is 11.3 Å². The molecule has 18 heteroatoms. The van der Waals surface area contributed by atoms with Crippen LogP contribution in [0.2, 0.25) is 0 Å². The van der Waals surface area contributed by atoms with Crippen molar-refractivity contribution in [1.29, 1.82) is 0 Å². The highest BCUT2D eigenvalue weighted by Crippen LogP contribution is 2.31. The number of hydrogen-bond donors (Lipinski definition) is 4. The van der Waals surface area contributed by atoms with Crippen LogP contribution in [0.3, 0.4) is 0 Å². The van der Waals surface area contributed by atoms with E-state index in [0.29, 0.717) is 29.8 Å². The van der Waals surface area contributed by atoms with Crippen molar-refractivity contribution in [2.24, 2.45) is 0 Å². The van der Waals surface area contributed by atoms with Gasteiger partial charge in [-0.2, -0.15) is 26.3 Å². The van der Waals surface area contributed by atoms with Crippen LogP contribution < -0.4 is 16.2 Å². The summed E-state index contributed by atoms with van der Waals surface area (Å²) in [6.45, 7) is 1.84. The number of esters is 2. The van der Waals surface area contributed by atoms with E-state index in [1.807, 2.05) is 12.3 Å². The third kappa shape index (κ3) is 10.4. The molecule has 0 aromatic heterocycles. The van der Waals surface area contributed by atoms with Gasteiger partial charge in [-0.25, -0.2) is 14.4 Å². The topological polar surface area (TPSA) is 177 Å². The highest BCUT2D eigenvalue weighted by Gasteiger charge is 2.42. The minimum Gasteiger partial charge on any atom is -0.478 e. The molecular weight excluding hydrogens is 720 g/mol. The molecule has 0 fully saturated rings. The summed E-state index contributed by atoms with van der Waals surface area (Å²) < 4.78 is 89.0. The predicted molar refractivity (Wildman–Crippen MR) is 170 cm³/mol. The van der Waals surface area contributed by atoms with Crippen molar-refractivity contribution in [3.05, 3.63) is 136 Å². The van der Waals surface area contributed by atoms with E-state index in [1.54, 1.807) is 29.7 Å². The van der Waals surface area contributed by atoms with Gasteiger partial charge in [0.15, 0.2) is 0 Å². The van der Waals surface area contributed by atoms with Gasteiger partial charge in [0.2, 0.25) is 12.2 Å². The quantitative estimate of drug-likeness (QED) is 0.0917. The van der Waals surface area contributed by atoms with Gasteiger partial charge in [-0.1, -0.05) is 29.8 Å². The Morgan fingerprint density at radius 2 is 1.04 bits per heavy atom. The maximum absolute atomic E-state index is 13.3. The average Bonchev–Trinajstić information content (AvgIpc) is 3.11. The summed E-state index contributed by atoms with van der Waals surface area (Å²) in [5.74, 6) is -8.82. The number of anilines is 1. The van der Waals surface area contributed by atoms with Crippen LogP contribution in [0.4, 0.5) is 32.0 Å². The lowest BCUT2D eigenvalue weighted by molar-refractivity contribution is -0.159. The molecule has 0 bridgehead atoms. The summed E-state index contributed by atoms with van der Waals surface area (Å²) >= 11 is 0. The number of hydrogen-bond acceptors (Lipinski definition) is 8. The average molecular weight is 746 g/mol. The molecule has 53 heavy (non-hydrogen) atoms. The number of halogens is 6. The van der Waals surface area contributed by atoms with Crippen molar-refractivity contribution >= 4 is 41.3 Å². The third-order valence-electron chi connectivity index (χ3n) is 7.11. The number of hydrazine groups is 1. The SMILES string of the molecule is Cc1ccc(C(=O)Nc2ccc(C(=O)NNC(=O)[C@H](OC(=O)c3cccc(C(F)(F)F)c3)[C@H](OC(=O)c3cccc(C(F)(F)F)c3)C(=O)O)cc2)cc1. The summed E-state index contributed by atoms with van der Waals surface area (Å²) in [4.78, 5) is 76.4. The molecule has 0 aliphatic carbocycles. The Bertz CT molecular complexity index is 2030. The maximum atomic E-state index is 13.3. The van der Waals surface area contributed by atoms with Crippen LogP contribution in [0, 0.1) is 6.92 Å². The van der Waals surface area contributed by atoms with E-state index in [4.69, 9.17) is 9.47 Å². The Hall–Kier alpha value is -6.72. The molecule has 4 rings (SSSR count). The molecule has 12 nitrogen and oxygen atoms in total. The van der Waals surface area contributed by atoms with Gasteiger partial charge < -0.3 is 19.9 Å². The van der Waals surface area contributed by atoms with Crippen LogP contribution in [0.5, 0.6) is 0 Å². The molecule has 0 saturated carbocycles. The van der Waals surface area contributed by atoms with E-state index in [2.05, 4.69) is 5.32 Å². The molecule has 0 radical (unpaired) electrons. The first kappa shape index (κ1) is 39.1. The molecule has 2 atom stereocenters. The lowest BCUT2D eigenvalue weighted by Crippen LogP contribution is -2.54. The highest BCUT2D eigenvalue weighted by atomic mass is 19.4. The second kappa shape index (κ2) is 16.1. The Kier molecular flexibility index (Phi) is 11.9. The third-order valence-corrected chi connectivity index (χ3v) is 7.11. The standard InChI is InChI=1S/C35H25F6N3O9/c1-18-8-10-19(11-9-18)28(45)42-25-14-12-20(13-15-25)29(46)43-44-30(47)26(52-32(50)21-4-2-6-23(16-21)34(36,37)38)27(31(48)49)53-33(51)22-5-3-7-24(17-22)35(39,40)41/h2-17,26-27H,1H3,(H,42,45)(H,43,46)(H,44,47)(H,48,49)/t26-,27+/m1/s1. The zero-order valence-electron chi connectivity index (χ0n) is 26.9. The first-order chi connectivity index (χ1) is 24.8. The Labute approximate surface area is 294 Å². The van der Waals surface area contributed by atoms with E-state index >= 15 is 0 Å². The van der Waals surface area contributed by atoms with Crippen LogP contribution >= 0.6 is 0 Å². The molecule has 4 aromatic carbocycles. The van der Waals surface area contributed by atoms with Gasteiger partial charge in [-0.3, -0.25) is 25.2 Å². The van der Waals surface area contributed by atoms with Gasteiger partial charge in [0.05, 0.1) is 22.3 Å². The molecule has 4 N–H and O–H groups in total. The normalized spacial score (nSPS) is 12.4. The number of ether oxygens (including phenoxy) is 2. The first-order valence-electron chi connectivity index (χ1n) is 14.9. The molecular formula is C35H25F6N3O9. The van der Waals surface area contributed by atoms with Crippen LogP contribution in [0.15, 0.2) is 97.1 Å². The number of carboxylic acids is 1. The van der Waals surface area contributed by atoms with Crippen molar-refractivity contribution in [1.82, 2.24) is 10.9 Å². The van der Waals surface area contributed by atoms with Crippen LogP contribution in [-0.2, 0) is 31.4 Å². The lowest BCUT2D eigenvalue weighted by Gasteiger charge is -2.24. The van der Waals surface area contributed by atoms with E-state index in [1.165, 1.54) is 24.3 Å². The second-order valence-corrected chi connectivity index (χ2v) is 11.0. The van der Waals surface area contributed by atoms with Crippen LogP contribution in [0.1, 0.15) is 58.1 Å². The number of carboxylic acid groups (broad SMARTS) is 1. The van der Waals surface area contributed by atoms with Crippen molar-refractivity contribution in [3.63, 3.8) is 0 Å². The molecule has 0 unspecified atom stereocenters. The lowest BCUT2D eigenvalue weighted by atomic mass is 10.1. The molecule has 0 spiro atoms. The fraction of sp³-hybridized carbons (Fsp3) is 0.143. The number of carbonyl (C=O) groups is 6. The van der Waals surface area contributed by atoms with Gasteiger partial charge in [0.1, 0.15) is 0 Å². The van der Waals surface area contributed by atoms with E-state index in [0.717, 1.165) is 29.8 Å². The number of alkyl halides is 6. The zero-order valence-corrected chi connectivity index (χ0v) is 26.9. The monoisotopic (exact) mass is 745 g/mol. The van der Waals surface area contributed by atoms with Gasteiger partial charge >= 0.3 is 30.3 Å². The molecule has 0 saturated heterocycles. The van der Waals surface area contributed by atoms with Gasteiger partial charge in [-0.15, -0.1) is 0 Å². The number of nitrogens with one attached hydrogen (secondary N) is 3. The number of benzene rings is 4. The number of carbonyl (C=O) groups excluding carboxylic acids is 5. The highest BCUT2D eigenvalue weighted by molar-refractivity contribution is 6.05. The number of aliphatic carboxylic acids is 1. The summed E-state index contributed by atoms with van der Waals surface area (Å²) in [6, 6.07) is 16.8. The van der Waals surface area contributed by atoms with Gasteiger partial charge in [0.25, 0.3) is 17.7 Å². The van der Waals surface area contributed by atoms with Crippen LogP contribution in [-0.4, -0.2) is 52.9 Å². The number of rotatable bonds is 10. The first-order valence-corrected chi connectivity index (χ1v) is 14.9. The summed E-state index contributed by atoms with van der Waals surface area (Å²) in [5, 5.41) is 12.4. The Morgan fingerprint density at radius 3 is 1.51 bits per heavy atom. The van der Waals surface area contributed by atoms with Gasteiger partial charge in [0, 0.05) is 16.8 Å². The fourth-order valence-corrected chi connectivity index (χ4v) is 4.38. The van der Waals surface area contributed by atoms with E-state index in [9.17, 15) is 60.2 Å². The summed E-state index contributed by atoms with van der Waals surface area (Å²) in [6.07, 6.45) is -15.4. The van der Waals surface area contributed by atoms with Crippen molar-refractivity contribution in [2.75, 3.05) is 5.32 Å². The van der Waals surface area contributed by atoms with Crippen molar-refractivity contribution in [3.8, 4) is 0 Å². The molecule has 4 aromatic rings. The summed E-state index contributed by atoms with van der Waals surface area (Å²) in [5.41, 5.74) is 0.743. The zero-order chi connectivity index (χ0) is 39.1. The Morgan fingerprint density at radius 1 is 0.585 bits per heavy atom. The largest absolute Gasteiger partial charge is 0.478 e. The summed E-state index contributed by atoms with van der Waals surface area (Å²) in [7, 11) is 0. The van der Waals surface area contributed by atoms with Crippen molar-refractivity contribution in [2.45, 2.75) is 31.5 Å². The minimum absolute atomic E-state index is 0.137. The fourth-order valence-electron chi connectivity index (χ4n) is 4.38. The maximum Gasteiger partial charge on any atom is 0.416 e. The molecule has 3 amide bonds. The second-order valence-electron chi connectivity index (χ2n) is 11.0. The smallest absolute Gasteiger partial charge is 0.416 e. The molecule has 276 valence electrons. The molecule has 0 aliphatic rings. The minimum atomic E-state index is -4.94. The molecule has 0 heterocycles.